The number of aromatic nitrogens is 1. The van der Waals surface area contributed by atoms with Crippen molar-refractivity contribution in [2.45, 2.75) is 50.9 Å². The second kappa shape index (κ2) is 13.1. The van der Waals surface area contributed by atoms with E-state index < -0.39 is 54.5 Å². The maximum absolute atomic E-state index is 13.2. The van der Waals surface area contributed by atoms with Gasteiger partial charge in [0.15, 0.2) is 0 Å². The molecule has 1 aromatic heterocycles. The lowest BCUT2D eigenvalue weighted by molar-refractivity contribution is -0.143. The lowest BCUT2D eigenvalue weighted by Gasteiger charge is -2.25. The van der Waals surface area contributed by atoms with E-state index in [-0.39, 0.29) is 24.5 Å². The molecule has 4 atom stereocenters. The van der Waals surface area contributed by atoms with Crippen molar-refractivity contribution in [2.24, 2.45) is 11.7 Å². The molecule has 3 amide bonds. The number of thiol groups is 1. The Labute approximate surface area is 208 Å². The molecule has 0 aliphatic heterocycles. The largest absolute Gasteiger partial charge is 0.480 e. The summed E-state index contributed by atoms with van der Waals surface area (Å²) in [5, 5.41) is 26.9. The van der Waals surface area contributed by atoms with Gasteiger partial charge in [-0.05, 0) is 24.0 Å². The Morgan fingerprint density at radius 3 is 2.20 bits per heavy atom. The van der Waals surface area contributed by atoms with Crippen LogP contribution in [0.25, 0.3) is 10.9 Å². The molecule has 0 spiro atoms. The van der Waals surface area contributed by atoms with Gasteiger partial charge >= 0.3 is 5.97 Å². The Kier molecular flexibility index (Phi) is 10.6. The molecule has 0 saturated carbocycles. The van der Waals surface area contributed by atoms with Crippen molar-refractivity contribution < 1.29 is 29.4 Å². The summed E-state index contributed by atoms with van der Waals surface area (Å²) >= 11 is 4.01. The van der Waals surface area contributed by atoms with Crippen LogP contribution in [0, 0.1) is 5.92 Å². The molecule has 1 heterocycles. The SMILES string of the molecule is CC(C)CC(NC(=O)C(N)CS)C(=O)NC(Cc1c[nH]c2ccccc12)C(=O)NC(CO)C(=O)O. The van der Waals surface area contributed by atoms with Gasteiger partial charge in [-0.1, -0.05) is 32.0 Å². The van der Waals surface area contributed by atoms with Gasteiger partial charge in [0.1, 0.15) is 18.1 Å². The van der Waals surface area contributed by atoms with E-state index in [0.29, 0.717) is 0 Å². The van der Waals surface area contributed by atoms with Gasteiger partial charge in [-0.2, -0.15) is 12.6 Å². The first-order valence-electron chi connectivity index (χ1n) is 11.2. The molecule has 11 nitrogen and oxygen atoms in total. The predicted octanol–water partition coefficient (Wildman–Crippen LogP) is -0.455. The van der Waals surface area contributed by atoms with E-state index in [0.717, 1.165) is 16.5 Å². The molecule has 0 bridgehead atoms. The van der Waals surface area contributed by atoms with Crippen LogP contribution in [0.1, 0.15) is 25.8 Å². The van der Waals surface area contributed by atoms with Crippen LogP contribution in [0.2, 0.25) is 0 Å². The number of carbonyl (C=O) groups excluding carboxylic acids is 3. The van der Waals surface area contributed by atoms with E-state index in [9.17, 15) is 29.4 Å². The summed E-state index contributed by atoms with van der Waals surface area (Å²) in [6.07, 6.45) is 2.03. The highest BCUT2D eigenvalue weighted by Gasteiger charge is 2.31. The topological polar surface area (TPSA) is 187 Å². The lowest BCUT2D eigenvalue weighted by atomic mass is 10.0. The molecule has 0 saturated heterocycles. The molecule has 12 heteroatoms. The molecule has 0 radical (unpaired) electrons. The molecule has 1 aromatic carbocycles. The molecule has 192 valence electrons. The number of aromatic amines is 1. The highest BCUT2D eigenvalue weighted by atomic mass is 32.1. The zero-order valence-corrected chi connectivity index (χ0v) is 20.5. The number of rotatable bonds is 13. The molecular formula is C23H33N5O6S. The third-order valence-electron chi connectivity index (χ3n) is 5.40. The van der Waals surface area contributed by atoms with E-state index in [4.69, 9.17) is 5.73 Å². The van der Waals surface area contributed by atoms with E-state index in [2.05, 4.69) is 33.6 Å². The number of aliphatic hydroxyl groups excluding tert-OH is 1. The van der Waals surface area contributed by atoms with Crippen molar-refractivity contribution >= 4 is 47.2 Å². The molecular weight excluding hydrogens is 474 g/mol. The van der Waals surface area contributed by atoms with Crippen LogP contribution >= 0.6 is 12.6 Å². The van der Waals surface area contributed by atoms with Crippen molar-refractivity contribution in [3.8, 4) is 0 Å². The molecule has 4 unspecified atom stereocenters. The highest BCUT2D eigenvalue weighted by Crippen LogP contribution is 2.19. The minimum absolute atomic E-state index is 0.0324. The Balaban J connectivity index is 2.30. The van der Waals surface area contributed by atoms with Gasteiger partial charge < -0.3 is 36.9 Å². The van der Waals surface area contributed by atoms with Crippen LogP contribution in [0.15, 0.2) is 30.5 Å². The summed E-state index contributed by atoms with van der Waals surface area (Å²) in [6, 6.07) is 2.79. The summed E-state index contributed by atoms with van der Waals surface area (Å²) in [7, 11) is 0. The number of nitrogens with two attached hydrogens (primary N) is 1. The summed E-state index contributed by atoms with van der Waals surface area (Å²) in [6.45, 7) is 2.93. The monoisotopic (exact) mass is 507 g/mol. The van der Waals surface area contributed by atoms with Crippen molar-refractivity contribution in [2.75, 3.05) is 12.4 Å². The van der Waals surface area contributed by atoms with Crippen LogP contribution in [-0.2, 0) is 25.6 Å². The highest BCUT2D eigenvalue weighted by molar-refractivity contribution is 7.80. The smallest absolute Gasteiger partial charge is 0.328 e. The van der Waals surface area contributed by atoms with Gasteiger partial charge in [-0.3, -0.25) is 14.4 Å². The number of aliphatic hydroxyl groups is 1. The van der Waals surface area contributed by atoms with E-state index >= 15 is 0 Å². The number of carboxylic acid groups (broad SMARTS) is 1. The van der Waals surface area contributed by atoms with E-state index in [1.807, 2.05) is 38.1 Å². The molecule has 35 heavy (non-hydrogen) atoms. The predicted molar refractivity (Wildman–Crippen MR) is 134 cm³/mol. The number of hydrogen-bond donors (Lipinski definition) is 8. The first-order chi connectivity index (χ1) is 16.6. The summed E-state index contributed by atoms with van der Waals surface area (Å²) in [4.78, 5) is 52.9. The first kappa shape index (κ1) is 28.1. The average Bonchev–Trinajstić information content (AvgIpc) is 3.23. The molecule has 0 fully saturated rings. The molecule has 2 rings (SSSR count). The molecule has 0 aliphatic rings. The second-order valence-electron chi connectivity index (χ2n) is 8.69. The van der Waals surface area contributed by atoms with Crippen molar-refractivity contribution in [3.63, 3.8) is 0 Å². The fourth-order valence-electron chi connectivity index (χ4n) is 3.52. The Morgan fingerprint density at radius 2 is 1.60 bits per heavy atom. The van der Waals surface area contributed by atoms with Gasteiger partial charge in [0.25, 0.3) is 0 Å². The number of amides is 3. The fraction of sp³-hybridized carbons (Fsp3) is 0.478. The fourth-order valence-corrected chi connectivity index (χ4v) is 3.69. The van der Waals surface area contributed by atoms with Crippen molar-refractivity contribution in [3.05, 3.63) is 36.0 Å². The first-order valence-corrected chi connectivity index (χ1v) is 11.9. The molecule has 8 N–H and O–H groups in total. The number of H-pyrrole nitrogens is 1. The molecule has 0 aliphatic carbocycles. The summed E-state index contributed by atoms with van der Waals surface area (Å²) in [5.41, 5.74) is 7.27. The number of fused-ring (bicyclic) bond motifs is 1. The van der Waals surface area contributed by atoms with Crippen molar-refractivity contribution in [1.82, 2.24) is 20.9 Å². The molecule has 2 aromatic rings. The quantitative estimate of drug-likeness (QED) is 0.169. The van der Waals surface area contributed by atoms with E-state index in [1.54, 1.807) is 6.20 Å². The maximum atomic E-state index is 13.2. The Morgan fingerprint density at radius 1 is 1.00 bits per heavy atom. The van der Waals surface area contributed by atoms with Gasteiger partial charge in [0.05, 0.1) is 12.6 Å². The van der Waals surface area contributed by atoms with Crippen LogP contribution in [-0.4, -0.2) is 75.4 Å². The van der Waals surface area contributed by atoms with Crippen LogP contribution in [0.3, 0.4) is 0 Å². The number of benzene rings is 1. The number of carboxylic acids is 1. The minimum Gasteiger partial charge on any atom is -0.480 e. The summed E-state index contributed by atoms with van der Waals surface area (Å²) in [5.74, 6) is -3.25. The van der Waals surface area contributed by atoms with Crippen LogP contribution in [0.5, 0.6) is 0 Å². The third kappa shape index (κ3) is 7.98. The summed E-state index contributed by atoms with van der Waals surface area (Å²) < 4.78 is 0. The number of carbonyl (C=O) groups is 4. The van der Waals surface area contributed by atoms with Crippen LogP contribution in [0.4, 0.5) is 0 Å². The van der Waals surface area contributed by atoms with Crippen molar-refractivity contribution in [1.29, 1.82) is 0 Å². The number of hydrogen-bond acceptors (Lipinski definition) is 7. The normalized spacial score (nSPS) is 14.7. The zero-order valence-electron chi connectivity index (χ0n) is 19.7. The maximum Gasteiger partial charge on any atom is 0.328 e. The second-order valence-corrected chi connectivity index (χ2v) is 9.05. The zero-order chi connectivity index (χ0) is 26.1. The van der Waals surface area contributed by atoms with E-state index in [1.165, 1.54) is 0 Å². The van der Waals surface area contributed by atoms with Gasteiger partial charge in [-0.25, -0.2) is 4.79 Å². The minimum atomic E-state index is -1.54. The standard InChI is InChI=1S/C23H33N5O6S/c1-12(2)7-17(26-20(30)15(24)11-35)21(31)27-18(22(32)28-19(10-29)23(33)34)8-13-9-25-16-6-4-3-5-14(13)16/h3-6,9,12,15,17-19,25,29,35H,7-8,10-11,24H2,1-2H3,(H,26,30)(H,27,31)(H,28,32)(H,33,34). The Bertz CT molecular complexity index is 1040. The third-order valence-corrected chi connectivity index (χ3v) is 5.80. The lowest BCUT2D eigenvalue weighted by Crippen LogP contribution is -2.58. The average molecular weight is 508 g/mol. The van der Waals surface area contributed by atoms with Gasteiger partial charge in [0.2, 0.25) is 17.7 Å². The van der Waals surface area contributed by atoms with Gasteiger partial charge in [0, 0.05) is 29.3 Å². The Hall–Kier alpha value is -3.09. The van der Waals surface area contributed by atoms with Gasteiger partial charge in [-0.15, -0.1) is 0 Å². The van der Waals surface area contributed by atoms with Crippen LogP contribution < -0.4 is 21.7 Å². The number of nitrogens with one attached hydrogen (secondary N) is 4. The number of para-hydroxylation sites is 1. The number of aliphatic carboxylic acids is 1.